The molecule has 2 atom stereocenters. The van der Waals surface area contributed by atoms with Crippen LogP contribution in [-0.4, -0.2) is 6.29 Å². The van der Waals surface area contributed by atoms with Crippen molar-refractivity contribution in [3.05, 3.63) is 0 Å². The summed E-state index contributed by atoms with van der Waals surface area (Å²) in [4.78, 5) is 10.5. The average molecular weight is 140 g/mol. The highest BCUT2D eigenvalue weighted by molar-refractivity contribution is 5.53. The monoisotopic (exact) mass is 140 g/mol. The number of carbonyl (C=O) groups excluding carboxylic acids is 1. The zero-order valence-electron chi connectivity index (χ0n) is 6.68. The molecule has 1 saturated carbocycles. The normalized spacial score (nSPS) is 34.9. The van der Waals surface area contributed by atoms with Crippen LogP contribution in [0.4, 0.5) is 0 Å². The molecule has 0 aromatic rings. The molecule has 1 heteroatoms. The lowest BCUT2D eigenvalue weighted by atomic mass is 9.91. The Morgan fingerprint density at radius 1 is 1.20 bits per heavy atom. The van der Waals surface area contributed by atoms with Crippen LogP contribution in [0.1, 0.15) is 39.0 Å². The maximum Gasteiger partial charge on any atom is 0.123 e. The second kappa shape index (κ2) is 3.75. The molecule has 58 valence electrons. The highest BCUT2D eigenvalue weighted by Gasteiger charge is 2.18. The van der Waals surface area contributed by atoms with Gasteiger partial charge in [-0.1, -0.05) is 32.6 Å². The SMILES string of the molecule is CC1CCCCCC1C=O. The molecule has 0 aromatic carbocycles. The molecule has 1 nitrogen and oxygen atoms in total. The Labute approximate surface area is 62.8 Å². The Morgan fingerprint density at radius 2 is 1.90 bits per heavy atom. The quantitative estimate of drug-likeness (QED) is 0.404. The Balaban J connectivity index is 2.43. The Kier molecular flexibility index (Phi) is 2.91. The van der Waals surface area contributed by atoms with Crippen LogP contribution in [0.3, 0.4) is 0 Å². The van der Waals surface area contributed by atoms with Gasteiger partial charge in [0.05, 0.1) is 0 Å². The summed E-state index contributed by atoms with van der Waals surface area (Å²) in [6.07, 6.45) is 7.44. The Hall–Kier alpha value is -0.330. The molecule has 0 bridgehead atoms. The molecule has 1 aliphatic carbocycles. The third-order valence-corrected chi connectivity index (χ3v) is 2.60. The van der Waals surface area contributed by atoms with E-state index < -0.39 is 0 Å². The van der Waals surface area contributed by atoms with Gasteiger partial charge in [-0.05, 0) is 12.3 Å². The topological polar surface area (TPSA) is 17.1 Å². The summed E-state index contributed by atoms with van der Waals surface area (Å²) in [6, 6.07) is 0. The third-order valence-electron chi connectivity index (χ3n) is 2.60. The summed E-state index contributed by atoms with van der Waals surface area (Å²) in [6.45, 7) is 2.20. The van der Waals surface area contributed by atoms with Gasteiger partial charge in [-0.2, -0.15) is 0 Å². The van der Waals surface area contributed by atoms with Crippen molar-refractivity contribution < 1.29 is 4.79 Å². The molecule has 0 spiro atoms. The van der Waals surface area contributed by atoms with Gasteiger partial charge in [-0.25, -0.2) is 0 Å². The van der Waals surface area contributed by atoms with E-state index in [1.807, 2.05) is 0 Å². The van der Waals surface area contributed by atoms with Crippen LogP contribution in [0.15, 0.2) is 0 Å². The van der Waals surface area contributed by atoms with Crippen molar-refractivity contribution in [1.82, 2.24) is 0 Å². The van der Waals surface area contributed by atoms with E-state index in [1.54, 1.807) is 0 Å². The third kappa shape index (κ3) is 1.83. The fraction of sp³-hybridized carbons (Fsp3) is 0.889. The van der Waals surface area contributed by atoms with E-state index in [4.69, 9.17) is 0 Å². The van der Waals surface area contributed by atoms with Crippen LogP contribution in [0.5, 0.6) is 0 Å². The van der Waals surface area contributed by atoms with E-state index in [2.05, 4.69) is 6.92 Å². The Bertz CT molecular complexity index is 109. The van der Waals surface area contributed by atoms with Crippen molar-refractivity contribution in [1.29, 1.82) is 0 Å². The first-order valence-electron chi connectivity index (χ1n) is 4.30. The van der Waals surface area contributed by atoms with Crippen LogP contribution < -0.4 is 0 Å². The van der Waals surface area contributed by atoms with E-state index in [0.29, 0.717) is 11.8 Å². The molecule has 0 heterocycles. The summed E-state index contributed by atoms with van der Waals surface area (Å²) in [5, 5.41) is 0. The molecule has 0 aromatic heterocycles. The molecule has 0 aliphatic heterocycles. The second-order valence-electron chi connectivity index (χ2n) is 3.42. The minimum Gasteiger partial charge on any atom is -0.303 e. The zero-order chi connectivity index (χ0) is 7.40. The van der Waals surface area contributed by atoms with Gasteiger partial charge in [-0.3, -0.25) is 0 Å². The van der Waals surface area contributed by atoms with E-state index in [1.165, 1.54) is 25.7 Å². The molecule has 0 N–H and O–H groups in total. The lowest BCUT2D eigenvalue weighted by Gasteiger charge is -2.13. The number of hydrogen-bond acceptors (Lipinski definition) is 1. The summed E-state index contributed by atoms with van der Waals surface area (Å²) in [5.74, 6) is 1.00. The van der Waals surface area contributed by atoms with Crippen LogP contribution in [-0.2, 0) is 4.79 Å². The molecule has 1 fully saturated rings. The smallest absolute Gasteiger partial charge is 0.123 e. The predicted octanol–water partition coefficient (Wildman–Crippen LogP) is 2.40. The molecule has 0 amide bonds. The molecular weight excluding hydrogens is 124 g/mol. The fourth-order valence-electron chi connectivity index (χ4n) is 1.72. The number of rotatable bonds is 1. The van der Waals surface area contributed by atoms with E-state index in [-0.39, 0.29) is 0 Å². The summed E-state index contributed by atoms with van der Waals surface area (Å²) in [7, 11) is 0. The predicted molar refractivity (Wildman–Crippen MR) is 41.8 cm³/mol. The summed E-state index contributed by atoms with van der Waals surface area (Å²) < 4.78 is 0. The fourth-order valence-corrected chi connectivity index (χ4v) is 1.72. The Morgan fingerprint density at radius 3 is 2.60 bits per heavy atom. The standard InChI is InChI=1S/C9H16O/c1-8-5-3-2-4-6-9(8)7-10/h7-9H,2-6H2,1H3. The van der Waals surface area contributed by atoms with Gasteiger partial charge < -0.3 is 4.79 Å². The molecule has 0 saturated heterocycles. The zero-order valence-corrected chi connectivity index (χ0v) is 6.68. The van der Waals surface area contributed by atoms with Crippen molar-refractivity contribution in [3.63, 3.8) is 0 Å². The van der Waals surface area contributed by atoms with Crippen molar-refractivity contribution in [3.8, 4) is 0 Å². The lowest BCUT2D eigenvalue weighted by molar-refractivity contribution is -0.112. The largest absolute Gasteiger partial charge is 0.303 e. The van der Waals surface area contributed by atoms with Gasteiger partial charge in [0.1, 0.15) is 6.29 Å². The van der Waals surface area contributed by atoms with Gasteiger partial charge >= 0.3 is 0 Å². The van der Waals surface area contributed by atoms with E-state index in [0.717, 1.165) is 12.7 Å². The van der Waals surface area contributed by atoms with Gasteiger partial charge in [0.25, 0.3) is 0 Å². The molecule has 2 unspecified atom stereocenters. The van der Waals surface area contributed by atoms with Crippen molar-refractivity contribution in [2.45, 2.75) is 39.0 Å². The maximum absolute atomic E-state index is 10.5. The van der Waals surface area contributed by atoms with Gasteiger partial charge in [0.15, 0.2) is 0 Å². The van der Waals surface area contributed by atoms with Crippen molar-refractivity contribution in [2.75, 3.05) is 0 Å². The summed E-state index contributed by atoms with van der Waals surface area (Å²) >= 11 is 0. The van der Waals surface area contributed by atoms with Gasteiger partial charge in [-0.15, -0.1) is 0 Å². The minimum absolute atomic E-state index is 0.363. The lowest BCUT2D eigenvalue weighted by Crippen LogP contribution is -2.10. The van der Waals surface area contributed by atoms with Gasteiger partial charge in [0.2, 0.25) is 0 Å². The van der Waals surface area contributed by atoms with Crippen LogP contribution in [0, 0.1) is 11.8 Å². The van der Waals surface area contributed by atoms with Crippen molar-refractivity contribution >= 4 is 6.29 Å². The van der Waals surface area contributed by atoms with Crippen molar-refractivity contribution in [2.24, 2.45) is 11.8 Å². The number of hydrogen-bond donors (Lipinski definition) is 0. The van der Waals surface area contributed by atoms with Crippen LogP contribution in [0.25, 0.3) is 0 Å². The first kappa shape index (κ1) is 7.77. The minimum atomic E-state index is 0.363. The first-order chi connectivity index (χ1) is 4.84. The average Bonchev–Trinajstić information content (AvgIpc) is 2.13. The first-order valence-corrected chi connectivity index (χ1v) is 4.30. The van der Waals surface area contributed by atoms with E-state index >= 15 is 0 Å². The molecule has 10 heavy (non-hydrogen) atoms. The molecular formula is C9H16O. The number of aldehydes is 1. The van der Waals surface area contributed by atoms with Crippen LogP contribution >= 0.6 is 0 Å². The number of carbonyl (C=O) groups is 1. The molecule has 1 aliphatic rings. The van der Waals surface area contributed by atoms with Crippen LogP contribution in [0.2, 0.25) is 0 Å². The summed E-state index contributed by atoms with van der Waals surface area (Å²) in [5.41, 5.74) is 0. The highest BCUT2D eigenvalue weighted by atomic mass is 16.1. The molecule has 0 radical (unpaired) electrons. The molecule has 1 rings (SSSR count). The maximum atomic E-state index is 10.5. The second-order valence-corrected chi connectivity index (χ2v) is 3.42. The van der Waals surface area contributed by atoms with Gasteiger partial charge in [0, 0.05) is 5.92 Å². The van der Waals surface area contributed by atoms with E-state index in [9.17, 15) is 4.79 Å². The highest BCUT2D eigenvalue weighted by Crippen LogP contribution is 2.26.